The second kappa shape index (κ2) is 6.18. The number of carbonyl (C=O) groups excluding carboxylic acids is 1. The zero-order valence-corrected chi connectivity index (χ0v) is 12.2. The molecule has 0 spiro atoms. The van der Waals surface area contributed by atoms with Crippen molar-refractivity contribution in [3.63, 3.8) is 0 Å². The van der Waals surface area contributed by atoms with Gasteiger partial charge in [0.2, 0.25) is 0 Å². The molecule has 2 heterocycles. The van der Waals surface area contributed by atoms with Crippen LogP contribution in [0, 0.1) is 0 Å². The van der Waals surface area contributed by atoms with Crippen LogP contribution in [0.3, 0.4) is 0 Å². The summed E-state index contributed by atoms with van der Waals surface area (Å²) >= 11 is 0. The number of likely N-dealkylation sites (N-methyl/N-ethyl adjacent to an activating group) is 1. The Balaban J connectivity index is 1.86. The highest BCUT2D eigenvalue weighted by molar-refractivity contribution is 5.94. The van der Waals surface area contributed by atoms with E-state index in [9.17, 15) is 4.79 Å². The molecule has 0 saturated carbocycles. The fourth-order valence-electron chi connectivity index (χ4n) is 2.87. The molecule has 110 valence electrons. The Bertz CT molecular complexity index is 637. The zero-order valence-electron chi connectivity index (χ0n) is 12.2. The van der Waals surface area contributed by atoms with E-state index in [2.05, 4.69) is 15.3 Å². The van der Waals surface area contributed by atoms with Crippen molar-refractivity contribution in [1.29, 1.82) is 0 Å². The molecule has 1 saturated heterocycles. The van der Waals surface area contributed by atoms with Crippen molar-refractivity contribution < 1.29 is 4.79 Å². The van der Waals surface area contributed by atoms with Crippen LogP contribution in [-0.4, -0.2) is 46.5 Å². The van der Waals surface area contributed by atoms with Crippen LogP contribution >= 0.6 is 0 Å². The predicted molar refractivity (Wildman–Crippen MR) is 82.1 cm³/mol. The summed E-state index contributed by atoms with van der Waals surface area (Å²) in [5.74, 6) is -0.0237. The van der Waals surface area contributed by atoms with Crippen LogP contribution in [-0.2, 0) is 0 Å². The van der Waals surface area contributed by atoms with Gasteiger partial charge < -0.3 is 10.2 Å². The van der Waals surface area contributed by atoms with E-state index in [1.54, 1.807) is 6.20 Å². The Kier molecular flexibility index (Phi) is 4.10. The molecule has 1 N–H and O–H groups in total. The molecule has 5 heteroatoms. The number of nitrogens with one attached hydrogen (secondary N) is 1. The first kappa shape index (κ1) is 13.9. The summed E-state index contributed by atoms with van der Waals surface area (Å²) in [5, 5.41) is 3.36. The van der Waals surface area contributed by atoms with E-state index in [1.807, 2.05) is 36.1 Å². The van der Waals surface area contributed by atoms with Gasteiger partial charge >= 0.3 is 0 Å². The second-order valence-corrected chi connectivity index (χ2v) is 5.34. The molecule has 0 bridgehead atoms. The molecule has 1 aromatic carbocycles. The maximum Gasteiger partial charge on any atom is 0.274 e. The summed E-state index contributed by atoms with van der Waals surface area (Å²) in [6.45, 7) is 4.61. The van der Waals surface area contributed by atoms with Gasteiger partial charge in [-0.25, -0.2) is 4.98 Å². The number of amides is 1. The molecule has 5 nitrogen and oxygen atoms in total. The largest absolute Gasteiger partial charge is 0.333 e. The summed E-state index contributed by atoms with van der Waals surface area (Å²) < 4.78 is 0. The van der Waals surface area contributed by atoms with E-state index in [-0.39, 0.29) is 11.9 Å². The summed E-state index contributed by atoms with van der Waals surface area (Å²) in [6.07, 6.45) is 3.75. The van der Waals surface area contributed by atoms with Crippen molar-refractivity contribution in [3.05, 3.63) is 36.2 Å². The molecule has 1 aromatic heterocycles. The van der Waals surface area contributed by atoms with E-state index in [4.69, 9.17) is 0 Å². The molecule has 1 unspecified atom stereocenters. The molecule has 1 aliphatic heterocycles. The normalized spacial score (nSPS) is 18.6. The van der Waals surface area contributed by atoms with Crippen LogP contribution in [0.1, 0.15) is 30.3 Å². The maximum absolute atomic E-state index is 12.7. The van der Waals surface area contributed by atoms with Crippen LogP contribution in [0.5, 0.6) is 0 Å². The van der Waals surface area contributed by atoms with Gasteiger partial charge in [-0.2, -0.15) is 0 Å². The number of piperidine rings is 1. The number of carbonyl (C=O) groups is 1. The molecule has 0 aliphatic carbocycles. The number of fused-ring (bicyclic) bond motifs is 1. The average molecular weight is 284 g/mol. The highest BCUT2D eigenvalue weighted by Gasteiger charge is 2.25. The summed E-state index contributed by atoms with van der Waals surface area (Å²) in [5.41, 5.74) is 2.01. The number of hydrogen-bond donors (Lipinski definition) is 1. The molecular weight excluding hydrogens is 264 g/mol. The minimum atomic E-state index is -0.0237. The molecular formula is C16H20N4O. The van der Waals surface area contributed by atoms with Crippen molar-refractivity contribution >= 4 is 16.9 Å². The average Bonchev–Trinajstić information content (AvgIpc) is 2.56. The summed E-state index contributed by atoms with van der Waals surface area (Å²) in [4.78, 5) is 23.4. The lowest BCUT2D eigenvalue weighted by atomic mass is 10.1. The van der Waals surface area contributed by atoms with Crippen molar-refractivity contribution in [2.24, 2.45) is 0 Å². The molecule has 3 rings (SSSR count). The molecule has 21 heavy (non-hydrogen) atoms. The van der Waals surface area contributed by atoms with Crippen molar-refractivity contribution in [2.45, 2.75) is 25.8 Å². The Morgan fingerprint density at radius 2 is 2.19 bits per heavy atom. The number of hydrogen-bond acceptors (Lipinski definition) is 4. The summed E-state index contributed by atoms with van der Waals surface area (Å²) in [7, 11) is 0. The second-order valence-electron chi connectivity index (χ2n) is 5.34. The lowest BCUT2D eigenvalue weighted by Crippen LogP contribution is -2.48. The molecule has 2 aromatic rings. The van der Waals surface area contributed by atoms with Gasteiger partial charge in [0, 0.05) is 19.1 Å². The SMILES string of the molecule is CCN(C(=O)c1cnc2ccccc2n1)C1CCCNC1. The van der Waals surface area contributed by atoms with Crippen LogP contribution in [0.25, 0.3) is 11.0 Å². The third-order valence-corrected chi connectivity index (χ3v) is 3.98. The minimum Gasteiger partial charge on any atom is -0.333 e. The predicted octanol–water partition coefficient (Wildman–Crippen LogP) is 1.84. The van der Waals surface area contributed by atoms with Crippen LogP contribution in [0.15, 0.2) is 30.5 Å². The quantitative estimate of drug-likeness (QED) is 0.934. The standard InChI is InChI=1S/C16H20N4O/c1-2-20(12-6-5-9-17-10-12)16(21)15-11-18-13-7-3-4-8-14(13)19-15/h3-4,7-8,11-12,17H,2,5-6,9-10H2,1H3. The number of nitrogens with zero attached hydrogens (tertiary/aromatic N) is 3. The van der Waals surface area contributed by atoms with E-state index in [0.717, 1.165) is 37.0 Å². The van der Waals surface area contributed by atoms with E-state index in [0.29, 0.717) is 12.2 Å². The summed E-state index contributed by atoms with van der Waals surface area (Å²) in [6, 6.07) is 7.87. The Labute approximate surface area is 124 Å². The third-order valence-electron chi connectivity index (χ3n) is 3.98. The van der Waals surface area contributed by atoms with E-state index < -0.39 is 0 Å². The number of rotatable bonds is 3. The highest BCUT2D eigenvalue weighted by Crippen LogP contribution is 2.15. The van der Waals surface area contributed by atoms with E-state index in [1.165, 1.54) is 0 Å². The highest BCUT2D eigenvalue weighted by atomic mass is 16.2. The molecule has 1 atom stereocenters. The van der Waals surface area contributed by atoms with Gasteiger partial charge in [0.15, 0.2) is 0 Å². The van der Waals surface area contributed by atoms with Gasteiger partial charge in [-0.15, -0.1) is 0 Å². The van der Waals surface area contributed by atoms with Gasteiger partial charge in [-0.05, 0) is 38.4 Å². The Hall–Kier alpha value is -2.01. The van der Waals surface area contributed by atoms with Crippen LogP contribution in [0.4, 0.5) is 0 Å². The van der Waals surface area contributed by atoms with E-state index >= 15 is 0 Å². The molecule has 0 radical (unpaired) electrons. The van der Waals surface area contributed by atoms with Crippen LogP contribution in [0.2, 0.25) is 0 Å². The molecule has 1 fully saturated rings. The fraction of sp³-hybridized carbons (Fsp3) is 0.438. The monoisotopic (exact) mass is 284 g/mol. The van der Waals surface area contributed by atoms with Gasteiger partial charge in [0.25, 0.3) is 5.91 Å². The third kappa shape index (κ3) is 2.88. The van der Waals surface area contributed by atoms with Crippen molar-refractivity contribution in [2.75, 3.05) is 19.6 Å². The first-order chi connectivity index (χ1) is 10.3. The lowest BCUT2D eigenvalue weighted by molar-refractivity contribution is 0.0656. The van der Waals surface area contributed by atoms with Gasteiger partial charge in [0.05, 0.1) is 17.2 Å². The Morgan fingerprint density at radius 1 is 1.38 bits per heavy atom. The van der Waals surface area contributed by atoms with Gasteiger partial charge in [-0.1, -0.05) is 12.1 Å². The smallest absolute Gasteiger partial charge is 0.274 e. The van der Waals surface area contributed by atoms with Gasteiger partial charge in [-0.3, -0.25) is 9.78 Å². The zero-order chi connectivity index (χ0) is 14.7. The molecule has 1 amide bonds. The first-order valence-corrected chi connectivity index (χ1v) is 7.53. The number of benzene rings is 1. The number of para-hydroxylation sites is 2. The fourth-order valence-corrected chi connectivity index (χ4v) is 2.87. The van der Waals surface area contributed by atoms with Crippen molar-refractivity contribution in [1.82, 2.24) is 20.2 Å². The first-order valence-electron chi connectivity index (χ1n) is 7.53. The van der Waals surface area contributed by atoms with Gasteiger partial charge in [0.1, 0.15) is 5.69 Å². The minimum absolute atomic E-state index is 0.0237. The number of aromatic nitrogens is 2. The topological polar surface area (TPSA) is 58.1 Å². The van der Waals surface area contributed by atoms with Crippen LogP contribution < -0.4 is 5.32 Å². The Morgan fingerprint density at radius 3 is 2.90 bits per heavy atom. The maximum atomic E-state index is 12.7. The lowest BCUT2D eigenvalue weighted by Gasteiger charge is -2.33. The molecule has 1 aliphatic rings. The van der Waals surface area contributed by atoms with Crippen molar-refractivity contribution in [3.8, 4) is 0 Å².